The molecular weight excluding hydrogens is 370 g/mol. The van der Waals surface area contributed by atoms with Crippen LogP contribution in [-0.4, -0.2) is 55.8 Å². The standard InChI is InChI=1S/C21H29N5O3/c1-22-19(27)16-17(24-25(3)14-10-6-4-7-11-14)21(29)26(18(16)20(28)23-2)15-12-8-5-9-13-15/h4,6-7,10-11,15,18,24H,5,8-9,12-13H2,1-3H3,(H,22,27)(H,23,28). The first-order chi connectivity index (χ1) is 14.0. The molecule has 1 fully saturated rings. The summed E-state index contributed by atoms with van der Waals surface area (Å²) in [5, 5.41) is 6.89. The van der Waals surface area contributed by atoms with Crippen LogP contribution < -0.4 is 21.1 Å². The molecule has 1 aromatic carbocycles. The van der Waals surface area contributed by atoms with Gasteiger partial charge in [0, 0.05) is 27.2 Å². The predicted molar refractivity (Wildman–Crippen MR) is 111 cm³/mol. The van der Waals surface area contributed by atoms with Gasteiger partial charge >= 0.3 is 0 Å². The number of carbonyl (C=O) groups excluding carboxylic acids is 3. The first-order valence-electron chi connectivity index (χ1n) is 10.1. The van der Waals surface area contributed by atoms with Gasteiger partial charge in [-0.1, -0.05) is 37.5 Å². The van der Waals surface area contributed by atoms with E-state index in [1.54, 1.807) is 17.0 Å². The van der Waals surface area contributed by atoms with E-state index in [0.717, 1.165) is 37.8 Å². The molecule has 0 radical (unpaired) electrons. The third-order valence-corrected chi connectivity index (χ3v) is 5.63. The lowest BCUT2D eigenvalue weighted by Crippen LogP contribution is -2.52. The Balaban J connectivity index is 2.01. The molecule has 0 bridgehead atoms. The van der Waals surface area contributed by atoms with Crippen molar-refractivity contribution >= 4 is 23.4 Å². The fraction of sp³-hybridized carbons (Fsp3) is 0.476. The maximum Gasteiger partial charge on any atom is 0.273 e. The second-order valence-corrected chi connectivity index (χ2v) is 7.40. The van der Waals surface area contributed by atoms with E-state index in [4.69, 9.17) is 0 Å². The quantitative estimate of drug-likeness (QED) is 0.619. The number of hydrogen-bond acceptors (Lipinski definition) is 5. The average Bonchev–Trinajstić information content (AvgIpc) is 3.05. The summed E-state index contributed by atoms with van der Waals surface area (Å²) >= 11 is 0. The summed E-state index contributed by atoms with van der Waals surface area (Å²) in [7, 11) is 4.80. The van der Waals surface area contributed by atoms with Gasteiger partial charge in [0.05, 0.1) is 11.3 Å². The van der Waals surface area contributed by atoms with E-state index in [1.807, 2.05) is 30.3 Å². The topological polar surface area (TPSA) is 93.8 Å². The van der Waals surface area contributed by atoms with Gasteiger partial charge in [-0.25, -0.2) is 0 Å². The molecule has 1 atom stereocenters. The molecule has 1 saturated carbocycles. The molecule has 0 aromatic heterocycles. The maximum atomic E-state index is 13.5. The molecule has 0 spiro atoms. The van der Waals surface area contributed by atoms with E-state index in [0.29, 0.717) is 0 Å². The number of benzene rings is 1. The Morgan fingerprint density at radius 1 is 1.03 bits per heavy atom. The van der Waals surface area contributed by atoms with Gasteiger partial charge in [-0.05, 0) is 25.0 Å². The number of likely N-dealkylation sites (N-methyl/N-ethyl adjacent to an activating group) is 2. The molecule has 156 valence electrons. The largest absolute Gasteiger partial charge is 0.357 e. The monoisotopic (exact) mass is 399 g/mol. The minimum absolute atomic E-state index is 0.0560. The fourth-order valence-corrected chi connectivity index (χ4v) is 4.13. The molecule has 8 nitrogen and oxygen atoms in total. The van der Waals surface area contributed by atoms with Crippen molar-refractivity contribution in [2.75, 3.05) is 26.2 Å². The zero-order valence-corrected chi connectivity index (χ0v) is 17.2. The van der Waals surface area contributed by atoms with E-state index in [2.05, 4.69) is 16.1 Å². The van der Waals surface area contributed by atoms with Crippen LogP contribution >= 0.6 is 0 Å². The lowest BCUT2D eigenvalue weighted by atomic mass is 9.93. The van der Waals surface area contributed by atoms with Crippen molar-refractivity contribution in [3.05, 3.63) is 41.6 Å². The number of carbonyl (C=O) groups is 3. The number of nitrogens with one attached hydrogen (secondary N) is 3. The number of hydrazine groups is 1. The first kappa shape index (κ1) is 20.7. The molecule has 1 aliphatic heterocycles. The molecule has 0 saturated heterocycles. The molecule has 8 heteroatoms. The van der Waals surface area contributed by atoms with Crippen molar-refractivity contribution in [3.63, 3.8) is 0 Å². The van der Waals surface area contributed by atoms with E-state index >= 15 is 0 Å². The van der Waals surface area contributed by atoms with Crippen LogP contribution in [0.5, 0.6) is 0 Å². The Morgan fingerprint density at radius 3 is 2.28 bits per heavy atom. The lowest BCUT2D eigenvalue weighted by molar-refractivity contribution is -0.137. The summed E-state index contributed by atoms with van der Waals surface area (Å²) in [6.07, 6.45) is 4.82. The highest BCUT2D eigenvalue weighted by Crippen LogP contribution is 2.33. The highest BCUT2D eigenvalue weighted by atomic mass is 16.2. The SMILES string of the molecule is CNC(=O)C1=C(NN(C)c2ccccc2)C(=O)N(C2CCCCC2)C1C(=O)NC. The summed E-state index contributed by atoms with van der Waals surface area (Å²) in [5.74, 6) is -1.11. The Hall–Kier alpha value is -3.03. The van der Waals surface area contributed by atoms with Crippen LogP contribution in [0.4, 0.5) is 5.69 Å². The van der Waals surface area contributed by atoms with E-state index < -0.39 is 11.9 Å². The number of anilines is 1. The fourth-order valence-electron chi connectivity index (χ4n) is 4.13. The van der Waals surface area contributed by atoms with Crippen molar-refractivity contribution in [3.8, 4) is 0 Å². The third kappa shape index (κ3) is 4.06. The molecular formula is C21H29N5O3. The van der Waals surface area contributed by atoms with Gasteiger partial charge in [-0.15, -0.1) is 0 Å². The van der Waals surface area contributed by atoms with Crippen molar-refractivity contribution in [2.24, 2.45) is 0 Å². The van der Waals surface area contributed by atoms with Crippen LogP contribution in [-0.2, 0) is 14.4 Å². The molecule has 3 rings (SSSR count). The zero-order valence-electron chi connectivity index (χ0n) is 17.2. The number of hydrogen-bond donors (Lipinski definition) is 3. The summed E-state index contributed by atoms with van der Waals surface area (Å²) < 4.78 is 0. The van der Waals surface area contributed by atoms with E-state index in [9.17, 15) is 14.4 Å². The number of rotatable bonds is 6. The molecule has 29 heavy (non-hydrogen) atoms. The second kappa shape index (κ2) is 8.98. The van der Waals surface area contributed by atoms with Crippen LogP contribution in [0.1, 0.15) is 32.1 Å². The average molecular weight is 399 g/mol. The maximum absolute atomic E-state index is 13.5. The Morgan fingerprint density at radius 2 is 1.69 bits per heavy atom. The van der Waals surface area contributed by atoms with Crippen molar-refractivity contribution < 1.29 is 14.4 Å². The van der Waals surface area contributed by atoms with Crippen molar-refractivity contribution in [1.29, 1.82) is 0 Å². The van der Waals surface area contributed by atoms with Gasteiger partial charge in [-0.2, -0.15) is 0 Å². The number of amides is 3. The Labute approximate surface area is 171 Å². The molecule has 3 amide bonds. The first-order valence-corrected chi connectivity index (χ1v) is 10.1. The van der Waals surface area contributed by atoms with Gasteiger partial charge in [0.1, 0.15) is 11.7 Å². The van der Waals surface area contributed by atoms with Gasteiger partial charge < -0.3 is 15.5 Å². The van der Waals surface area contributed by atoms with Crippen LogP contribution in [0.3, 0.4) is 0 Å². The zero-order chi connectivity index (χ0) is 21.0. The molecule has 1 heterocycles. The molecule has 1 aromatic rings. The summed E-state index contributed by atoms with van der Waals surface area (Å²) in [5.41, 5.74) is 4.21. The summed E-state index contributed by atoms with van der Waals surface area (Å²) in [6.45, 7) is 0. The lowest BCUT2D eigenvalue weighted by Gasteiger charge is -2.35. The predicted octanol–water partition coefficient (Wildman–Crippen LogP) is 0.917. The van der Waals surface area contributed by atoms with Crippen LogP contribution in [0, 0.1) is 0 Å². The van der Waals surface area contributed by atoms with Crippen LogP contribution in [0.2, 0.25) is 0 Å². The molecule has 1 aliphatic carbocycles. The van der Waals surface area contributed by atoms with Crippen LogP contribution in [0.15, 0.2) is 41.6 Å². The van der Waals surface area contributed by atoms with E-state index in [1.165, 1.54) is 14.1 Å². The smallest absolute Gasteiger partial charge is 0.273 e. The van der Waals surface area contributed by atoms with Gasteiger partial charge in [0.2, 0.25) is 5.91 Å². The molecule has 1 unspecified atom stereocenters. The normalized spacial score (nSPS) is 19.9. The molecule has 2 aliphatic rings. The van der Waals surface area contributed by atoms with Crippen molar-refractivity contribution in [2.45, 2.75) is 44.2 Å². The highest BCUT2D eigenvalue weighted by Gasteiger charge is 2.49. The van der Waals surface area contributed by atoms with Gasteiger partial charge in [0.15, 0.2) is 0 Å². The van der Waals surface area contributed by atoms with Crippen molar-refractivity contribution in [1.82, 2.24) is 21.0 Å². The number of nitrogens with zero attached hydrogens (tertiary/aromatic N) is 2. The summed E-state index contributed by atoms with van der Waals surface area (Å²) in [6, 6.07) is 8.46. The Kier molecular flexibility index (Phi) is 6.41. The summed E-state index contributed by atoms with van der Waals surface area (Å²) in [4.78, 5) is 40.6. The van der Waals surface area contributed by atoms with Gasteiger partial charge in [0.25, 0.3) is 11.8 Å². The second-order valence-electron chi connectivity index (χ2n) is 7.40. The third-order valence-electron chi connectivity index (χ3n) is 5.63. The van der Waals surface area contributed by atoms with Gasteiger partial charge in [-0.3, -0.25) is 24.8 Å². The van der Waals surface area contributed by atoms with E-state index in [-0.39, 0.29) is 29.1 Å². The molecule has 3 N–H and O–H groups in total. The Bertz CT molecular complexity index is 802. The number of para-hydroxylation sites is 1. The highest BCUT2D eigenvalue weighted by molar-refractivity contribution is 6.14. The minimum Gasteiger partial charge on any atom is -0.357 e. The van der Waals surface area contributed by atoms with Crippen LogP contribution in [0.25, 0.3) is 0 Å². The minimum atomic E-state index is -0.942.